The summed E-state index contributed by atoms with van der Waals surface area (Å²) in [6.45, 7) is 1.26. The van der Waals surface area contributed by atoms with Crippen molar-refractivity contribution in [3.05, 3.63) is 80.4 Å². The number of ether oxygens (including phenoxy) is 4. The molecule has 0 aliphatic rings. The summed E-state index contributed by atoms with van der Waals surface area (Å²) in [7, 11) is 0. The lowest BCUT2D eigenvalue weighted by molar-refractivity contribution is 0.0501. The van der Waals surface area contributed by atoms with Crippen LogP contribution in [0.1, 0.15) is 45.7 Å². The minimum atomic E-state index is -2.60. The molecule has 0 aliphatic carbocycles. The Kier molecular flexibility index (Phi) is 9.58. The third kappa shape index (κ3) is 5.37. The largest absolute Gasteiger partial charge is 0.462 e. The van der Waals surface area contributed by atoms with E-state index in [4.69, 9.17) is 0 Å². The van der Waals surface area contributed by atoms with Crippen LogP contribution in [0.2, 0.25) is 0 Å². The maximum Gasteiger partial charge on any atom is 0.344 e. The van der Waals surface area contributed by atoms with Gasteiger partial charge in [0.15, 0.2) is 34.9 Å². The first-order valence-corrected chi connectivity index (χ1v) is 11.5. The van der Waals surface area contributed by atoms with E-state index in [0.29, 0.717) is 0 Å². The van der Waals surface area contributed by atoms with Crippen molar-refractivity contribution in [2.45, 2.75) is 13.8 Å². The molecule has 44 heavy (non-hydrogen) atoms. The van der Waals surface area contributed by atoms with Crippen molar-refractivity contribution in [1.82, 2.24) is 0 Å². The summed E-state index contributed by atoms with van der Waals surface area (Å²) in [5.41, 5.74) is -7.11. The van der Waals surface area contributed by atoms with E-state index in [1.165, 1.54) is 0 Å². The molecule has 230 valence electrons. The van der Waals surface area contributed by atoms with E-state index >= 15 is 8.78 Å². The van der Waals surface area contributed by atoms with E-state index in [9.17, 15) is 55.2 Å². The van der Waals surface area contributed by atoms with Crippen LogP contribution >= 0.6 is 0 Å². The van der Waals surface area contributed by atoms with Gasteiger partial charge in [-0.1, -0.05) is 0 Å². The van der Waals surface area contributed by atoms with Crippen molar-refractivity contribution in [3.63, 3.8) is 0 Å². The topological polar surface area (TPSA) is 119 Å². The molecule has 0 spiro atoms. The summed E-state index contributed by atoms with van der Waals surface area (Å²) >= 11 is 0. The third-order valence-electron chi connectivity index (χ3n) is 5.33. The van der Waals surface area contributed by atoms with Gasteiger partial charge in [0.1, 0.15) is 34.4 Å². The number of hydrogen-bond donors (Lipinski definition) is 0. The molecule has 3 rings (SSSR count). The van der Waals surface area contributed by atoms with E-state index in [2.05, 4.69) is 18.9 Å². The van der Waals surface area contributed by atoms with Gasteiger partial charge in [-0.15, -0.1) is 0 Å². The number of esters is 2. The average molecular weight is 636 g/mol. The van der Waals surface area contributed by atoms with Gasteiger partial charge in [-0.2, -0.15) is 28.1 Å². The van der Waals surface area contributed by atoms with E-state index in [1.54, 1.807) is 0 Å². The first kappa shape index (κ1) is 33.0. The molecule has 0 bridgehead atoms. The quantitative estimate of drug-likeness (QED) is 0.151. The van der Waals surface area contributed by atoms with E-state index < -0.39 is 129 Å². The molecule has 0 saturated carbocycles. The smallest absolute Gasteiger partial charge is 0.344 e. The number of hydrogen-bond acceptors (Lipinski definition) is 8. The zero-order valence-electron chi connectivity index (χ0n) is 21.5. The molecule has 0 fully saturated rings. The van der Waals surface area contributed by atoms with Crippen LogP contribution in [0.5, 0.6) is 23.0 Å². The van der Waals surface area contributed by atoms with Gasteiger partial charge in [-0.3, -0.25) is 0 Å². The van der Waals surface area contributed by atoms with Gasteiger partial charge < -0.3 is 18.9 Å². The zero-order valence-corrected chi connectivity index (χ0v) is 21.5. The minimum Gasteiger partial charge on any atom is -0.462 e. The maximum absolute atomic E-state index is 15.3. The molecule has 0 radical (unpaired) electrons. The lowest BCUT2D eigenvalue weighted by Crippen LogP contribution is -2.15. The molecule has 0 aliphatic heterocycles. The van der Waals surface area contributed by atoms with Crippen molar-refractivity contribution < 1.29 is 72.4 Å². The van der Waals surface area contributed by atoms with Crippen molar-refractivity contribution in [2.24, 2.45) is 0 Å². The van der Waals surface area contributed by atoms with Crippen LogP contribution in [0.4, 0.5) is 43.9 Å². The normalized spacial score (nSPS) is 10.6. The summed E-state index contributed by atoms with van der Waals surface area (Å²) < 4.78 is 165. The zero-order chi connectivity index (χ0) is 33.2. The number of nitriles is 2. The Morgan fingerprint density at radius 2 is 0.773 bits per heavy atom. The van der Waals surface area contributed by atoms with Gasteiger partial charge in [0.2, 0.25) is 46.3 Å². The van der Waals surface area contributed by atoms with Crippen LogP contribution in [0.3, 0.4) is 0 Å². The highest BCUT2D eigenvalue weighted by Gasteiger charge is 2.37. The number of carbonyl (C=O) groups is 2. The van der Waals surface area contributed by atoms with Gasteiger partial charge in [0.05, 0.1) is 13.2 Å². The predicted molar refractivity (Wildman–Crippen MR) is 120 cm³/mol. The van der Waals surface area contributed by atoms with Gasteiger partial charge in [-0.25, -0.2) is 35.9 Å². The average Bonchev–Trinajstić information content (AvgIpc) is 2.98. The molecular weight excluding hydrogens is 626 g/mol. The molecule has 0 saturated heterocycles. The van der Waals surface area contributed by atoms with Crippen LogP contribution in [0.15, 0.2) is 0 Å². The standard InChI is InChI=1S/C26H10F10N2O6/c1-3-41-25(39)9-13(29)17(33)21(18(34)14(9)30)43-23-11(27)7(5-37)8(6-38)12(28)24(23)44-22-19(35)15(31)10(16(32)20(22)36)26(40)42-4-2/h3-4H2,1-2H3. The van der Waals surface area contributed by atoms with Crippen LogP contribution in [0.25, 0.3) is 0 Å². The fraction of sp³-hybridized carbons (Fsp3) is 0.154. The maximum atomic E-state index is 15.3. The minimum absolute atomic E-state index is 0.526. The molecule has 3 aromatic carbocycles. The second-order valence-corrected chi connectivity index (χ2v) is 7.82. The van der Waals surface area contributed by atoms with E-state index in [1.807, 2.05) is 0 Å². The molecule has 3 aromatic rings. The van der Waals surface area contributed by atoms with Gasteiger partial charge in [-0.05, 0) is 13.8 Å². The Labute approximate surface area is 238 Å². The Bertz CT molecular complexity index is 1630. The van der Waals surface area contributed by atoms with Crippen LogP contribution in [-0.2, 0) is 9.47 Å². The molecule has 0 aromatic heterocycles. The van der Waals surface area contributed by atoms with Crippen LogP contribution in [0, 0.1) is 80.8 Å². The highest BCUT2D eigenvalue weighted by Crippen LogP contribution is 2.46. The van der Waals surface area contributed by atoms with E-state index in [-0.39, 0.29) is 0 Å². The number of benzene rings is 3. The molecule has 0 amide bonds. The van der Waals surface area contributed by atoms with Crippen molar-refractivity contribution in [1.29, 1.82) is 10.5 Å². The Morgan fingerprint density at radius 3 is 1.00 bits per heavy atom. The summed E-state index contributed by atoms with van der Waals surface area (Å²) in [4.78, 5) is 23.5. The number of halogens is 10. The van der Waals surface area contributed by atoms with Crippen LogP contribution in [-0.4, -0.2) is 25.2 Å². The SMILES string of the molecule is CCOC(=O)c1c(F)c(F)c(Oc2c(F)c(C#N)c(C#N)c(F)c2Oc2c(F)c(F)c(C(=O)OCC)c(F)c2F)c(F)c1F. The van der Waals surface area contributed by atoms with Gasteiger partial charge in [0.25, 0.3) is 0 Å². The van der Waals surface area contributed by atoms with Gasteiger partial charge in [0, 0.05) is 0 Å². The summed E-state index contributed by atoms with van der Waals surface area (Å²) in [6.07, 6.45) is 0. The molecule has 8 nitrogen and oxygen atoms in total. The highest BCUT2D eigenvalue weighted by molar-refractivity contribution is 5.91. The Hall–Kier alpha value is -5.52. The van der Waals surface area contributed by atoms with Crippen molar-refractivity contribution >= 4 is 11.9 Å². The summed E-state index contributed by atoms with van der Waals surface area (Å²) in [5, 5.41) is 18.3. The lowest BCUT2D eigenvalue weighted by Gasteiger charge is -2.18. The van der Waals surface area contributed by atoms with Crippen LogP contribution < -0.4 is 9.47 Å². The molecule has 0 heterocycles. The fourth-order valence-corrected chi connectivity index (χ4v) is 3.41. The van der Waals surface area contributed by atoms with Gasteiger partial charge >= 0.3 is 11.9 Å². The van der Waals surface area contributed by atoms with E-state index in [0.717, 1.165) is 26.0 Å². The second kappa shape index (κ2) is 12.8. The first-order valence-electron chi connectivity index (χ1n) is 11.5. The molecular formula is C26H10F10N2O6. The molecule has 18 heteroatoms. The number of carbonyl (C=O) groups excluding carboxylic acids is 2. The molecule has 0 unspecified atom stereocenters. The predicted octanol–water partition coefficient (Wildman–Crippen LogP) is 6.76. The fourth-order valence-electron chi connectivity index (χ4n) is 3.41. The summed E-state index contributed by atoms with van der Waals surface area (Å²) in [6, 6.07) is 1.89. The number of rotatable bonds is 8. The molecule has 0 atom stereocenters. The number of nitrogens with zero attached hydrogens (tertiary/aromatic N) is 2. The van der Waals surface area contributed by atoms with Crippen molar-refractivity contribution in [3.8, 4) is 35.1 Å². The Morgan fingerprint density at radius 1 is 0.500 bits per heavy atom. The van der Waals surface area contributed by atoms with Crippen molar-refractivity contribution in [2.75, 3.05) is 13.2 Å². The molecule has 0 N–H and O–H groups in total. The Balaban J connectivity index is 2.37. The third-order valence-corrected chi connectivity index (χ3v) is 5.33. The first-order chi connectivity index (χ1) is 20.7. The second-order valence-electron chi connectivity index (χ2n) is 7.82. The lowest BCUT2D eigenvalue weighted by atomic mass is 10.1. The highest BCUT2D eigenvalue weighted by atomic mass is 19.2. The monoisotopic (exact) mass is 636 g/mol. The summed E-state index contributed by atoms with van der Waals surface area (Å²) in [5.74, 6) is -37.7.